The van der Waals surface area contributed by atoms with Crippen LogP contribution in [0.15, 0.2) is 23.5 Å². The van der Waals surface area contributed by atoms with E-state index in [0.29, 0.717) is 0 Å². The third-order valence-corrected chi connectivity index (χ3v) is 2.70. The van der Waals surface area contributed by atoms with Gasteiger partial charge < -0.3 is 4.57 Å². The number of aromatic nitrogens is 3. The van der Waals surface area contributed by atoms with Crippen molar-refractivity contribution in [3.8, 4) is 0 Å². The van der Waals surface area contributed by atoms with E-state index in [-0.39, 0.29) is 0 Å². The van der Waals surface area contributed by atoms with Crippen LogP contribution in [0.3, 0.4) is 0 Å². The maximum Gasteiger partial charge on any atom is 0.159 e. The van der Waals surface area contributed by atoms with Crippen LogP contribution < -0.4 is 0 Å². The summed E-state index contributed by atoms with van der Waals surface area (Å²) in [6.07, 6.45) is 5.77. The summed E-state index contributed by atoms with van der Waals surface area (Å²) >= 11 is 1.69. The normalized spacial score (nSPS) is 10.9. The minimum absolute atomic E-state index is 0.919. The lowest BCUT2D eigenvalue weighted by Gasteiger charge is -1.98. The average molecular weight is 193 g/mol. The number of hydrogen-bond donors (Lipinski definition) is 0. The fourth-order valence-corrected chi connectivity index (χ4v) is 1.66. The zero-order valence-electron chi connectivity index (χ0n) is 7.69. The smallest absolute Gasteiger partial charge is 0.159 e. The quantitative estimate of drug-likeness (QED) is 0.685. The van der Waals surface area contributed by atoms with Gasteiger partial charge >= 0.3 is 0 Å². The highest BCUT2D eigenvalue weighted by Crippen LogP contribution is 2.18. The molecule has 0 atom stereocenters. The molecule has 0 aliphatic heterocycles. The Hall–Kier alpha value is -1.03. The molecular weight excluding hydrogens is 182 g/mol. The largest absolute Gasteiger partial charge is 0.316 e. The molecule has 0 amide bonds. The van der Waals surface area contributed by atoms with Crippen LogP contribution in [0, 0.1) is 0 Å². The number of aryl methyl sites for hydroxylation is 1. The standard InChI is InChI=1S/C9H11N3S/c1-3-12-6-11-8-4-7(13-2)5-10-9(8)12/h4-6H,3H2,1-2H3. The minimum atomic E-state index is 0.919. The second-order valence-electron chi connectivity index (χ2n) is 2.75. The Balaban J connectivity index is 2.61. The summed E-state index contributed by atoms with van der Waals surface area (Å²) in [6, 6.07) is 2.07. The van der Waals surface area contributed by atoms with Gasteiger partial charge in [-0.3, -0.25) is 0 Å². The molecule has 0 spiro atoms. The molecule has 2 heterocycles. The SMILES string of the molecule is CCn1cnc2cc(SC)cnc21. The highest BCUT2D eigenvalue weighted by molar-refractivity contribution is 7.98. The van der Waals surface area contributed by atoms with Crippen LogP contribution in [0.4, 0.5) is 0 Å². The van der Waals surface area contributed by atoms with E-state index >= 15 is 0 Å². The summed E-state index contributed by atoms with van der Waals surface area (Å²) in [5, 5.41) is 0. The molecule has 2 rings (SSSR count). The van der Waals surface area contributed by atoms with E-state index < -0.39 is 0 Å². The number of nitrogens with zero attached hydrogens (tertiary/aromatic N) is 3. The van der Waals surface area contributed by atoms with Crippen molar-refractivity contribution >= 4 is 22.9 Å². The predicted molar refractivity (Wildman–Crippen MR) is 55.0 cm³/mol. The van der Waals surface area contributed by atoms with Gasteiger partial charge in [0.2, 0.25) is 0 Å². The van der Waals surface area contributed by atoms with Gasteiger partial charge in [0.15, 0.2) is 5.65 Å². The number of fused-ring (bicyclic) bond motifs is 1. The van der Waals surface area contributed by atoms with Gasteiger partial charge in [-0.15, -0.1) is 11.8 Å². The van der Waals surface area contributed by atoms with Gasteiger partial charge in [0.05, 0.1) is 6.33 Å². The third kappa shape index (κ3) is 1.42. The van der Waals surface area contributed by atoms with Crippen LogP contribution >= 0.6 is 11.8 Å². The van der Waals surface area contributed by atoms with Crippen LogP contribution in [0.1, 0.15) is 6.92 Å². The van der Waals surface area contributed by atoms with E-state index in [2.05, 4.69) is 23.0 Å². The number of hydrogen-bond acceptors (Lipinski definition) is 3. The molecule has 0 fully saturated rings. The van der Waals surface area contributed by atoms with Crippen molar-refractivity contribution in [1.29, 1.82) is 0 Å². The number of rotatable bonds is 2. The van der Waals surface area contributed by atoms with Gasteiger partial charge in [0.1, 0.15) is 5.52 Å². The molecule has 0 N–H and O–H groups in total. The van der Waals surface area contributed by atoms with Crippen molar-refractivity contribution in [1.82, 2.24) is 14.5 Å². The molecule has 0 aliphatic rings. The predicted octanol–water partition coefficient (Wildman–Crippen LogP) is 2.17. The van der Waals surface area contributed by atoms with Gasteiger partial charge in [-0.25, -0.2) is 9.97 Å². The highest BCUT2D eigenvalue weighted by Gasteiger charge is 2.02. The molecule has 68 valence electrons. The van der Waals surface area contributed by atoms with Crippen molar-refractivity contribution in [2.75, 3.05) is 6.26 Å². The van der Waals surface area contributed by atoms with Crippen LogP contribution in [0.2, 0.25) is 0 Å². The van der Waals surface area contributed by atoms with Gasteiger partial charge in [-0.1, -0.05) is 0 Å². The first-order valence-electron chi connectivity index (χ1n) is 4.20. The van der Waals surface area contributed by atoms with E-state index in [0.717, 1.165) is 22.6 Å². The molecule has 0 saturated heterocycles. The molecule has 4 heteroatoms. The van der Waals surface area contributed by atoms with E-state index in [1.54, 1.807) is 11.8 Å². The van der Waals surface area contributed by atoms with Crippen LogP contribution in [-0.4, -0.2) is 20.8 Å². The molecular formula is C9H11N3S. The first-order chi connectivity index (χ1) is 6.35. The Bertz CT molecular complexity index is 422. The van der Waals surface area contributed by atoms with E-state index in [1.807, 2.05) is 23.3 Å². The van der Waals surface area contributed by atoms with Gasteiger partial charge in [-0.2, -0.15) is 0 Å². The zero-order chi connectivity index (χ0) is 9.26. The van der Waals surface area contributed by atoms with Crippen molar-refractivity contribution < 1.29 is 0 Å². The first kappa shape index (κ1) is 8.56. The summed E-state index contributed by atoms with van der Waals surface area (Å²) in [5.41, 5.74) is 1.95. The second kappa shape index (κ2) is 3.38. The lowest BCUT2D eigenvalue weighted by atomic mass is 10.4. The Morgan fingerprint density at radius 1 is 1.46 bits per heavy atom. The fourth-order valence-electron chi connectivity index (χ4n) is 1.27. The number of imidazole rings is 1. The van der Waals surface area contributed by atoms with Gasteiger partial charge in [0, 0.05) is 17.6 Å². The zero-order valence-corrected chi connectivity index (χ0v) is 8.51. The Kier molecular flexibility index (Phi) is 2.22. The lowest BCUT2D eigenvalue weighted by molar-refractivity contribution is 0.777. The maximum absolute atomic E-state index is 4.36. The molecule has 0 bridgehead atoms. The van der Waals surface area contributed by atoms with Crippen molar-refractivity contribution in [2.45, 2.75) is 18.4 Å². The Labute approximate surface area is 81.2 Å². The van der Waals surface area contributed by atoms with E-state index in [1.165, 1.54) is 0 Å². The minimum Gasteiger partial charge on any atom is -0.316 e. The van der Waals surface area contributed by atoms with Crippen molar-refractivity contribution in [3.63, 3.8) is 0 Å². The molecule has 0 saturated carbocycles. The van der Waals surface area contributed by atoms with Crippen LogP contribution in [0.5, 0.6) is 0 Å². The molecule has 0 aliphatic carbocycles. The van der Waals surface area contributed by atoms with Crippen LogP contribution in [0.25, 0.3) is 11.2 Å². The van der Waals surface area contributed by atoms with E-state index in [4.69, 9.17) is 0 Å². The van der Waals surface area contributed by atoms with E-state index in [9.17, 15) is 0 Å². The van der Waals surface area contributed by atoms with Crippen molar-refractivity contribution in [2.24, 2.45) is 0 Å². The summed E-state index contributed by atoms with van der Waals surface area (Å²) in [4.78, 5) is 9.81. The van der Waals surface area contributed by atoms with Gasteiger partial charge in [-0.05, 0) is 19.2 Å². The first-order valence-corrected chi connectivity index (χ1v) is 5.42. The van der Waals surface area contributed by atoms with Crippen LogP contribution in [-0.2, 0) is 6.54 Å². The van der Waals surface area contributed by atoms with Crippen molar-refractivity contribution in [3.05, 3.63) is 18.6 Å². The highest BCUT2D eigenvalue weighted by atomic mass is 32.2. The molecule has 2 aromatic heterocycles. The summed E-state index contributed by atoms with van der Waals surface area (Å²) < 4.78 is 2.04. The third-order valence-electron chi connectivity index (χ3n) is 2.01. The molecule has 0 aromatic carbocycles. The number of thioether (sulfide) groups is 1. The molecule has 0 radical (unpaired) electrons. The summed E-state index contributed by atoms with van der Waals surface area (Å²) in [5.74, 6) is 0. The Morgan fingerprint density at radius 2 is 2.31 bits per heavy atom. The fraction of sp³-hybridized carbons (Fsp3) is 0.333. The summed E-state index contributed by atoms with van der Waals surface area (Å²) in [6.45, 7) is 3.01. The summed E-state index contributed by atoms with van der Waals surface area (Å²) in [7, 11) is 0. The monoisotopic (exact) mass is 193 g/mol. The molecule has 3 nitrogen and oxygen atoms in total. The number of pyridine rings is 1. The molecule has 13 heavy (non-hydrogen) atoms. The topological polar surface area (TPSA) is 30.7 Å². The Morgan fingerprint density at radius 3 is 3.00 bits per heavy atom. The maximum atomic E-state index is 4.36. The molecule has 2 aromatic rings. The lowest BCUT2D eigenvalue weighted by Crippen LogP contribution is -1.92. The average Bonchev–Trinajstić information content (AvgIpc) is 2.59. The molecule has 0 unspecified atom stereocenters. The second-order valence-corrected chi connectivity index (χ2v) is 3.63. The van der Waals surface area contributed by atoms with Gasteiger partial charge in [0.25, 0.3) is 0 Å².